The first-order valence-corrected chi connectivity index (χ1v) is 31.4. The van der Waals surface area contributed by atoms with Gasteiger partial charge >= 0.3 is 17.9 Å². The Hall–Kier alpha value is -3.15. The van der Waals surface area contributed by atoms with Crippen LogP contribution in [0.25, 0.3) is 0 Å². The molecule has 6 nitrogen and oxygen atoms in total. The van der Waals surface area contributed by atoms with E-state index in [-0.39, 0.29) is 37.5 Å². The van der Waals surface area contributed by atoms with E-state index >= 15 is 0 Å². The van der Waals surface area contributed by atoms with Gasteiger partial charge < -0.3 is 14.2 Å². The van der Waals surface area contributed by atoms with Crippen molar-refractivity contribution in [3.63, 3.8) is 0 Å². The van der Waals surface area contributed by atoms with Gasteiger partial charge in [-0.2, -0.15) is 0 Å². The SMILES string of the molecule is CC/C=C\C/C=C\C/C=C\C/C=C\C/C=C\CCCC(=O)OC(COC(=O)CCCCCCC/C=C\CCCCC)COC(=O)CCCCCCCCCCCCCCCCCCCCCCCCCCCC. The first-order valence-electron chi connectivity index (χ1n) is 31.4. The van der Waals surface area contributed by atoms with Crippen LogP contribution in [-0.2, 0) is 28.6 Å². The fourth-order valence-electron chi connectivity index (χ4n) is 9.00. The van der Waals surface area contributed by atoms with Crippen molar-refractivity contribution >= 4 is 17.9 Å². The Labute approximate surface area is 453 Å². The largest absolute Gasteiger partial charge is 0.462 e. The van der Waals surface area contributed by atoms with E-state index in [9.17, 15) is 14.4 Å². The molecule has 0 rings (SSSR count). The first kappa shape index (κ1) is 69.8. The third-order valence-electron chi connectivity index (χ3n) is 13.7. The van der Waals surface area contributed by atoms with Crippen LogP contribution in [-0.4, -0.2) is 37.2 Å². The highest BCUT2D eigenvalue weighted by atomic mass is 16.6. The van der Waals surface area contributed by atoms with Gasteiger partial charge in [0, 0.05) is 19.3 Å². The molecule has 422 valence electrons. The molecule has 0 fully saturated rings. The molecule has 0 radical (unpaired) electrons. The predicted octanol–water partition coefficient (Wildman–Crippen LogP) is 21.3. The molecule has 0 bridgehead atoms. The van der Waals surface area contributed by atoms with Gasteiger partial charge in [0.15, 0.2) is 6.10 Å². The molecule has 0 aromatic heterocycles. The van der Waals surface area contributed by atoms with E-state index in [1.54, 1.807) is 0 Å². The summed E-state index contributed by atoms with van der Waals surface area (Å²) in [6, 6.07) is 0. The minimum absolute atomic E-state index is 0.0981. The van der Waals surface area contributed by atoms with E-state index < -0.39 is 6.10 Å². The molecule has 73 heavy (non-hydrogen) atoms. The van der Waals surface area contributed by atoms with Gasteiger partial charge in [-0.05, 0) is 83.5 Å². The third-order valence-corrected chi connectivity index (χ3v) is 13.7. The molecule has 0 aromatic carbocycles. The third kappa shape index (κ3) is 59.6. The van der Waals surface area contributed by atoms with Crippen LogP contribution in [0.5, 0.6) is 0 Å². The van der Waals surface area contributed by atoms with Gasteiger partial charge in [0.2, 0.25) is 0 Å². The molecule has 1 atom stereocenters. The van der Waals surface area contributed by atoms with Crippen molar-refractivity contribution < 1.29 is 28.6 Å². The number of carbonyl (C=O) groups excluding carboxylic acids is 3. The Morgan fingerprint density at radius 1 is 0.288 bits per heavy atom. The normalized spacial score (nSPS) is 12.5. The summed E-state index contributed by atoms with van der Waals surface area (Å²) >= 11 is 0. The molecular weight excluding hydrogens is 901 g/mol. The zero-order valence-corrected chi connectivity index (χ0v) is 48.4. The van der Waals surface area contributed by atoms with Gasteiger partial charge in [-0.25, -0.2) is 0 Å². The van der Waals surface area contributed by atoms with E-state index in [1.807, 2.05) is 0 Å². The van der Waals surface area contributed by atoms with Crippen LogP contribution in [0.4, 0.5) is 0 Å². The molecule has 0 saturated heterocycles. The molecule has 0 amide bonds. The van der Waals surface area contributed by atoms with E-state index in [2.05, 4.69) is 93.7 Å². The van der Waals surface area contributed by atoms with E-state index in [0.717, 1.165) is 83.5 Å². The quantitative estimate of drug-likeness (QED) is 0.0261. The average Bonchev–Trinajstić information content (AvgIpc) is 3.39. The average molecular weight is 1020 g/mol. The summed E-state index contributed by atoms with van der Waals surface area (Å²) in [7, 11) is 0. The lowest BCUT2D eigenvalue weighted by atomic mass is 10.0. The van der Waals surface area contributed by atoms with Crippen molar-refractivity contribution in [2.45, 2.75) is 322 Å². The molecule has 6 heteroatoms. The fraction of sp³-hybridized carbons (Fsp3) is 0.776. The van der Waals surface area contributed by atoms with Crippen molar-refractivity contribution in [1.82, 2.24) is 0 Å². The summed E-state index contributed by atoms with van der Waals surface area (Å²) in [5.74, 6) is -0.955. The zero-order valence-electron chi connectivity index (χ0n) is 48.4. The molecule has 0 N–H and O–H groups in total. The minimum Gasteiger partial charge on any atom is -0.462 e. The smallest absolute Gasteiger partial charge is 0.306 e. The van der Waals surface area contributed by atoms with Crippen LogP contribution in [0.3, 0.4) is 0 Å². The molecule has 0 spiro atoms. The monoisotopic (exact) mass is 1020 g/mol. The van der Waals surface area contributed by atoms with E-state index in [4.69, 9.17) is 14.2 Å². The Bertz CT molecular complexity index is 1360. The second kappa shape index (κ2) is 61.4. The van der Waals surface area contributed by atoms with Crippen LogP contribution in [0.1, 0.15) is 316 Å². The zero-order chi connectivity index (χ0) is 52.9. The minimum atomic E-state index is -0.807. The van der Waals surface area contributed by atoms with Gasteiger partial charge in [-0.1, -0.05) is 286 Å². The van der Waals surface area contributed by atoms with Crippen LogP contribution >= 0.6 is 0 Å². The topological polar surface area (TPSA) is 78.9 Å². The number of unbranched alkanes of at least 4 members (excludes halogenated alkanes) is 34. The fourth-order valence-corrected chi connectivity index (χ4v) is 9.00. The van der Waals surface area contributed by atoms with Gasteiger partial charge in [0.05, 0.1) is 0 Å². The number of allylic oxidation sites excluding steroid dienone is 12. The van der Waals surface area contributed by atoms with Crippen molar-refractivity contribution in [3.05, 3.63) is 72.9 Å². The van der Waals surface area contributed by atoms with Crippen LogP contribution in [0, 0.1) is 0 Å². The maximum Gasteiger partial charge on any atom is 0.306 e. The second-order valence-electron chi connectivity index (χ2n) is 20.9. The van der Waals surface area contributed by atoms with E-state index in [0.29, 0.717) is 19.3 Å². The summed E-state index contributed by atoms with van der Waals surface area (Å²) in [5, 5.41) is 0. The number of carbonyl (C=O) groups is 3. The molecular formula is C67H118O6. The highest BCUT2D eigenvalue weighted by Gasteiger charge is 2.19. The Morgan fingerprint density at radius 3 is 0.918 bits per heavy atom. The number of rotatable bonds is 57. The highest BCUT2D eigenvalue weighted by molar-refractivity contribution is 5.71. The lowest BCUT2D eigenvalue weighted by Gasteiger charge is -2.18. The van der Waals surface area contributed by atoms with Gasteiger partial charge in [-0.15, -0.1) is 0 Å². The molecule has 1 unspecified atom stereocenters. The van der Waals surface area contributed by atoms with Gasteiger partial charge in [0.25, 0.3) is 0 Å². The summed E-state index contributed by atoms with van der Waals surface area (Å²) in [5.41, 5.74) is 0. The van der Waals surface area contributed by atoms with Crippen LogP contribution in [0.2, 0.25) is 0 Å². The van der Waals surface area contributed by atoms with Gasteiger partial charge in [0.1, 0.15) is 13.2 Å². The molecule has 0 saturated carbocycles. The van der Waals surface area contributed by atoms with Crippen molar-refractivity contribution in [3.8, 4) is 0 Å². The molecule has 0 aliphatic carbocycles. The summed E-state index contributed by atoms with van der Waals surface area (Å²) in [6.45, 7) is 6.48. The molecule has 0 aromatic rings. The number of hydrogen-bond acceptors (Lipinski definition) is 6. The maximum atomic E-state index is 12.8. The Balaban J connectivity index is 4.28. The van der Waals surface area contributed by atoms with E-state index in [1.165, 1.54) is 186 Å². The molecule has 0 aliphatic heterocycles. The van der Waals surface area contributed by atoms with Crippen LogP contribution in [0.15, 0.2) is 72.9 Å². The number of ether oxygens (including phenoxy) is 3. The van der Waals surface area contributed by atoms with Crippen molar-refractivity contribution in [2.24, 2.45) is 0 Å². The maximum absolute atomic E-state index is 12.8. The second-order valence-corrected chi connectivity index (χ2v) is 20.9. The molecule has 0 aliphatic rings. The number of esters is 3. The summed E-state index contributed by atoms with van der Waals surface area (Å²) in [4.78, 5) is 38.2. The Morgan fingerprint density at radius 2 is 0.548 bits per heavy atom. The number of hydrogen-bond donors (Lipinski definition) is 0. The first-order chi connectivity index (χ1) is 36.0. The summed E-state index contributed by atoms with van der Waals surface area (Å²) in [6.07, 6.45) is 79.3. The lowest BCUT2D eigenvalue weighted by Crippen LogP contribution is -2.30. The lowest BCUT2D eigenvalue weighted by molar-refractivity contribution is -0.167. The predicted molar refractivity (Wildman–Crippen MR) is 316 cm³/mol. The van der Waals surface area contributed by atoms with Crippen molar-refractivity contribution in [2.75, 3.05) is 13.2 Å². The highest BCUT2D eigenvalue weighted by Crippen LogP contribution is 2.17. The van der Waals surface area contributed by atoms with Crippen LogP contribution < -0.4 is 0 Å². The van der Waals surface area contributed by atoms with Crippen molar-refractivity contribution in [1.29, 1.82) is 0 Å². The van der Waals surface area contributed by atoms with Gasteiger partial charge in [-0.3, -0.25) is 14.4 Å². The molecule has 0 heterocycles. The Kier molecular flexibility index (Phi) is 58.7. The summed E-state index contributed by atoms with van der Waals surface area (Å²) < 4.78 is 16.8. The standard InChI is InChI=1S/C67H118O6/c1-4-7-10-13-16-19-22-25-27-29-30-31-32-33-34-35-36-37-39-40-42-45-48-51-54-57-60-66(69)72-63-64(62-71-65(68)59-56-53-50-47-44-24-21-18-15-12-9-6-3)73-67(70)61-58-55-52-49-46-43-41-38-28-26-23-20-17-14-11-8-5-2/h8,11,17-18,20-21,26,28,41,43,49,52,64H,4-7,9-10,12-16,19,22-25,27,29-40,42,44-48,50-51,53-63H2,1-3H3/b11-8-,20-17-,21-18-,28-26-,43-41-,52-49-.